The summed E-state index contributed by atoms with van der Waals surface area (Å²) in [6, 6.07) is 11.8. The number of ketones is 1. The number of nitrogens with zero attached hydrogens (tertiary/aromatic N) is 2. The minimum absolute atomic E-state index is 0.0634. The van der Waals surface area contributed by atoms with Crippen LogP contribution >= 0.6 is 0 Å². The van der Waals surface area contributed by atoms with Gasteiger partial charge in [0.05, 0.1) is 23.1 Å². The van der Waals surface area contributed by atoms with Crippen molar-refractivity contribution in [2.75, 3.05) is 0 Å². The van der Waals surface area contributed by atoms with Crippen molar-refractivity contribution in [1.82, 2.24) is 0 Å². The molecule has 0 N–H and O–H groups in total. The maximum Gasteiger partial charge on any atom is 0.176 e. The van der Waals surface area contributed by atoms with Crippen LogP contribution in [0.25, 0.3) is 0 Å². The molecule has 0 saturated heterocycles. The molecule has 0 amide bonds. The summed E-state index contributed by atoms with van der Waals surface area (Å²) in [5, 5.41) is 18.4. The van der Waals surface area contributed by atoms with Crippen LogP contribution in [0.2, 0.25) is 0 Å². The predicted molar refractivity (Wildman–Crippen MR) is 98.4 cm³/mol. The lowest BCUT2D eigenvalue weighted by molar-refractivity contribution is -0.0222. The second kappa shape index (κ2) is 7.92. The summed E-state index contributed by atoms with van der Waals surface area (Å²) in [6.45, 7) is 2.27. The van der Waals surface area contributed by atoms with Crippen molar-refractivity contribution in [3.05, 3.63) is 29.8 Å². The summed E-state index contributed by atoms with van der Waals surface area (Å²) in [7, 11) is 0. The molecule has 0 radical (unpaired) electrons. The number of fused-ring (bicyclic) bond motifs is 1. The summed E-state index contributed by atoms with van der Waals surface area (Å²) in [6.07, 6.45) is 5.69. The quantitative estimate of drug-likeness (QED) is 0.744. The Kier molecular flexibility index (Phi) is 5.62. The van der Waals surface area contributed by atoms with E-state index in [0.717, 1.165) is 25.7 Å². The second-order valence-corrected chi connectivity index (χ2v) is 7.86. The van der Waals surface area contributed by atoms with Crippen LogP contribution in [-0.4, -0.2) is 11.9 Å². The number of hydrogen-bond acceptors (Lipinski definition) is 4. The molecule has 1 aliphatic heterocycles. The van der Waals surface area contributed by atoms with Gasteiger partial charge >= 0.3 is 0 Å². The van der Waals surface area contributed by atoms with Gasteiger partial charge in [0.15, 0.2) is 5.78 Å². The first-order valence-electron chi connectivity index (χ1n) is 9.67. The van der Waals surface area contributed by atoms with E-state index in [9.17, 15) is 15.3 Å². The Morgan fingerprint density at radius 3 is 2.31 bits per heavy atom. The van der Waals surface area contributed by atoms with Crippen LogP contribution < -0.4 is 4.74 Å². The summed E-state index contributed by atoms with van der Waals surface area (Å²) < 4.78 is 6.45. The van der Waals surface area contributed by atoms with Gasteiger partial charge in [-0.05, 0) is 49.7 Å². The van der Waals surface area contributed by atoms with E-state index in [0.29, 0.717) is 48.8 Å². The van der Waals surface area contributed by atoms with Crippen LogP contribution in [0.3, 0.4) is 0 Å². The Balaban J connectivity index is 2.03. The SMILES string of the molecule is CC1CCC(C2Oc3ccccc3C(=O)C2(CCC#N)CCC#N)CC1. The highest BCUT2D eigenvalue weighted by atomic mass is 16.5. The minimum Gasteiger partial charge on any atom is -0.488 e. The van der Waals surface area contributed by atoms with Gasteiger partial charge in [-0.3, -0.25) is 4.79 Å². The molecule has 4 nitrogen and oxygen atoms in total. The molecule has 1 saturated carbocycles. The van der Waals surface area contributed by atoms with Gasteiger partial charge in [-0.15, -0.1) is 0 Å². The van der Waals surface area contributed by atoms with Crippen molar-refractivity contribution in [1.29, 1.82) is 10.5 Å². The first-order valence-corrected chi connectivity index (χ1v) is 9.67. The normalized spacial score (nSPS) is 26.9. The first-order chi connectivity index (χ1) is 12.6. The van der Waals surface area contributed by atoms with Crippen molar-refractivity contribution in [3.63, 3.8) is 0 Å². The summed E-state index contributed by atoms with van der Waals surface area (Å²) in [5.41, 5.74) is -0.158. The van der Waals surface area contributed by atoms with Crippen LogP contribution in [0.1, 0.15) is 68.6 Å². The lowest BCUT2D eigenvalue weighted by Crippen LogP contribution is -2.53. The molecule has 2 aliphatic rings. The van der Waals surface area contributed by atoms with Gasteiger partial charge in [0.1, 0.15) is 11.9 Å². The number of rotatable bonds is 5. The van der Waals surface area contributed by atoms with Crippen LogP contribution in [0.15, 0.2) is 24.3 Å². The molecule has 4 heteroatoms. The molecule has 0 aromatic heterocycles. The van der Waals surface area contributed by atoms with E-state index in [2.05, 4.69) is 19.1 Å². The molecule has 1 heterocycles. The Labute approximate surface area is 155 Å². The van der Waals surface area contributed by atoms with Crippen LogP contribution in [-0.2, 0) is 0 Å². The zero-order chi connectivity index (χ0) is 18.6. The third-order valence-electron chi connectivity index (χ3n) is 6.24. The minimum atomic E-state index is -0.759. The zero-order valence-electron chi connectivity index (χ0n) is 15.4. The smallest absolute Gasteiger partial charge is 0.176 e. The standard InChI is InChI=1S/C22H26N2O2/c1-16-8-10-17(11-9-16)21-22(12-4-14-23,13-5-15-24)20(25)18-6-2-3-7-19(18)26-21/h2-3,6-7,16-17,21H,4-5,8-13H2,1H3. The molecule has 0 spiro atoms. The number of ether oxygens (including phenoxy) is 1. The maximum atomic E-state index is 13.6. The van der Waals surface area contributed by atoms with Crippen molar-refractivity contribution in [2.45, 2.75) is 64.4 Å². The van der Waals surface area contributed by atoms with Crippen molar-refractivity contribution >= 4 is 5.78 Å². The lowest BCUT2D eigenvalue weighted by atomic mass is 9.62. The summed E-state index contributed by atoms with van der Waals surface area (Å²) >= 11 is 0. The zero-order valence-corrected chi connectivity index (χ0v) is 15.4. The Bertz CT molecular complexity index is 717. The Morgan fingerprint density at radius 1 is 1.08 bits per heavy atom. The van der Waals surface area contributed by atoms with Gasteiger partial charge in [0.2, 0.25) is 0 Å². The highest BCUT2D eigenvalue weighted by molar-refractivity contribution is 6.04. The fourth-order valence-corrected chi connectivity index (χ4v) is 4.73. The Hall–Kier alpha value is -2.33. The van der Waals surface area contributed by atoms with Crippen LogP contribution in [0.4, 0.5) is 0 Å². The molecule has 0 bridgehead atoms. The third kappa shape index (κ3) is 3.34. The molecule has 136 valence electrons. The van der Waals surface area contributed by atoms with Gasteiger partial charge in [-0.2, -0.15) is 10.5 Å². The molecule has 1 unspecified atom stereocenters. The van der Waals surface area contributed by atoms with Crippen molar-refractivity contribution in [2.24, 2.45) is 17.3 Å². The molecule has 1 atom stereocenters. The van der Waals surface area contributed by atoms with Gasteiger partial charge in [-0.25, -0.2) is 0 Å². The monoisotopic (exact) mass is 350 g/mol. The van der Waals surface area contributed by atoms with E-state index in [4.69, 9.17) is 4.74 Å². The van der Waals surface area contributed by atoms with E-state index in [1.54, 1.807) is 0 Å². The molecular weight excluding hydrogens is 324 g/mol. The molecule has 26 heavy (non-hydrogen) atoms. The average Bonchev–Trinajstić information content (AvgIpc) is 2.67. The summed E-state index contributed by atoms with van der Waals surface area (Å²) in [4.78, 5) is 13.6. The largest absolute Gasteiger partial charge is 0.488 e. The molecule has 1 aromatic rings. The molecule has 3 rings (SSSR count). The fraction of sp³-hybridized carbons (Fsp3) is 0.591. The summed E-state index contributed by atoms with van der Waals surface area (Å²) in [5.74, 6) is 1.74. The average molecular weight is 350 g/mol. The molecule has 1 aromatic carbocycles. The first kappa shape index (κ1) is 18.5. The number of para-hydroxylation sites is 1. The van der Waals surface area contributed by atoms with Crippen LogP contribution in [0, 0.1) is 39.9 Å². The maximum absolute atomic E-state index is 13.6. The number of benzene rings is 1. The van der Waals surface area contributed by atoms with Crippen molar-refractivity contribution in [3.8, 4) is 17.9 Å². The van der Waals surface area contributed by atoms with Crippen LogP contribution in [0.5, 0.6) is 5.75 Å². The predicted octanol–water partition coefficient (Wildman–Crippen LogP) is 5.05. The van der Waals surface area contributed by atoms with E-state index in [-0.39, 0.29) is 11.9 Å². The van der Waals surface area contributed by atoms with Gasteiger partial charge in [0, 0.05) is 12.8 Å². The molecule has 1 aliphatic carbocycles. The number of nitriles is 2. The number of carbonyl (C=O) groups is 1. The second-order valence-electron chi connectivity index (χ2n) is 7.86. The molecular formula is C22H26N2O2. The number of hydrogen-bond donors (Lipinski definition) is 0. The van der Waals surface area contributed by atoms with E-state index < -0.39 is 5.41 Å². The van der Waals surface area contributed by atoms with Gasteiger partial charge in [0.25, 0.3) is 0 Å². The topological polar surface area (TPSA) is 73.9 Å². The number of Topliss-reactive ketones (excluding diaryl/α,β-unsaturated/α-hetero) is 1. The highest BCUT2D eigenvalue weighted by Crippen LogP contribution is 2.50. The van der Waals surface area contributed by atoms with E-state index in [1.165, 1.54) is 0 Å². The lowest BCUT2D eigenvalue weighted by Gasteiger charge is -2.47. The third-order valence-corrected chi connectivity index (χ3v) is 6.24. The Morgan fingerprint density at radius 2 is 1.69 bits per heavy atom. The fourth-order valence-electron chi connectivity index (χ4n) is 4.73. The highest BCUT2D eigenvalue weighted by Gasteiger charge is 2.53. The van der Waals surface area contributed by atoms with E-state index >= 15 is 0 Å². The van der Waals surface area contributed by atoms with Gasteiger partial charge in [-0.1, -0.05) is 31.9 Å². The van der Waals surface area contributed by atoms with Crippen molar-refractivity contribution < 1.29 is 9.53 Å². The molecule has 1 fully saturated rings. The van der Waals surface area contributed by atoms with E-state index in [1.807, 2.05) is 24.3 Å². The number of carbonyl (C=O) groups excluding carboxylic acids is 1. The van der Waals surface area contributed by atoms with Gasteiger partial charge < -0.3 is 4.74 Å².